The Morgan fingerprint density at radius 3 is 2.65 bits per heavy atom. The lowest BCUT2D eigenvalue weighted by Crippen LogP contribution is -2.53. The molecular weight excluding hydrogens is 316 g/mol. The van der Waals surface area contributed by atoms with E-state index in [0.29, 0.717) is 0 Å². The summed E-state index contributed by atoms with van der Waals surface area (Å²) in [4.78, 5) is 12.5. The Bertz CT molecular complexity index is 493. The molecule has 1 saturated carbocycles. The molecule has 1 saturated heterocycles. The van der Waals surface area contributed by atoms with Crippen LogP contribution in [-0.2, 0) is 10.3 Å². The second kappa shape index (κ2) is 5.86. The van der Waals surface area contributed by atoms with Crippen molar-refractivity contribution in [2.45, 2.75) is 37.6 Å². The van der Waals surface area contributed by atoms with E-state index in [1.807, 2.05) is 6.07 Å². The first-order valence-corrected chi connectivity index (χ1v) is 8.28. The topological polar surface area (TPSA) is 41.1 Å². The van der Waals surface area contributed by atoms with Gasteiger partial charge in [-0.25, -0.2) is 0 Å². The van der Waals surface area contributed by atoms with Gasteiger partial charge in [-0.2, -0.15) is 0 Å². The largest absolute Gasteiger partial charge is 0.346 e. The molecule has 2 fully saturated rings. The minimum absolute atomic E-state index is 0.119. The quantitative estimate of drug-likeness (QED) is 0.890. The van der Waals surface area contributed by atoms with Crippen LogP contribution in [0.3, 0.4) is 0 Å². The van der Waals surface area contributed by atoms with E-state index in [0.717, 1.165) is 43.2 Å². The number of hydrogen-bond donors (Lipinski definition) is 2. The summed E-state index contributed by atoms with van der Waals surface area (Å²) in [5.74, 6) is 0.423. The SMILES string of the molecule is O=C(NC1(c2cccc(Br)c2)CCC1)C1CCNCC1. The zero-order valence-corrected chi connectivity index (χ0v) is 13.2. The summed E-state index contributed by atoms with van der Waals surface area (Å²) in [5, 5.41) is 6.67. The lowest BCUT2D eigenvalue weighted by atomic mass is 9.71. The molecule has 1 aromatic rings. The fraction of sp³-hybridized carbons (Fsp3) is 0.562. The average Bonchev–Trinajstić information content (AvgIpc) is 2.43. The first kappa shape index (κ1) is 14.1. The molecule has 1 amide bonds. The van der Waals surface area contributed by atoms with E-state index < -0.39 is 0 Å². The van der Waals surface area contributed by atoms with Crippen molar-refractivity contribution in [3.63, 3.8) is 0 Å². The predicted octanol–water partition coefficient (Wildman–Crippen LogP) is 2.94. The molecule has 2 aliphatic rings. The van der Waals surface area contributed by atoms with E-state index in [4.69, 9.17) is 0 Å². The van der Waals surface area contributed by atoms with Crippen LogP contribution in [-0.4, -0.2) is 19.0 Å². The molecule has 3 nitrogen and oxygen atoms in total. The van der Waals surface area contributed by atoms with Crippen molar-refractivity contribution in [3.8, 4) is 0 Å². The summed E-state index contributed by atoms with van der Waals surface area (Å²) in [6, 6.07) is 8.36. The number of halogens is 1. The third-order valence-corrected chi connectivity index (χ3v) is 5.15. The van der Waals surface area contributed by atoms with E-state index in [9.17, 15) is 4.79 Å². The Balaban J connectivity index is 1.74. The highest BCUT2D eigenvalue weighted by Crippen LogP contribution is 2.42. The molecule has 1 heterocycles. The molecule has 2 N–H and O–H groups in total. The molecule has 0 radical (unpaired) electrons. The Labute approximate surface area is 128 Å². The van der Waals surface area contributed by atoms with Crippen LogP contribution in [0.2, 0.25) is 0 Å². The maximum Gasteiger partial charge on any atom is 0.223 e. The normalized spacial score (nSPS) is 22.1. The summed E-state index contributed by atoms with van der Waals surface area (Å²) >= 11 is 3.53. The molecule has 0 spiro atoms. The van der Waals surface area contributed by atoms with Crippen LogP contribution in [0.4, 0.5) is 0 Å². The first-order chi connectivity index (χ1) is 9.70. The maximum absolute atomic E-state index is 12.5. The van der Waals surface area contributed by atoms with Gasteiger partial charge in [0.2, 0.25) is 5.91 Å². The molecule has 1 aliphatic heterocycles. The van der Waals surface area contributed by atoms with Gasteiger partial charge in [0.15, 0.2) is 0 Å². The van der Waals surface area contributed by atoms with Crippen molar-refractivity contribution in [2.75, 3.05) is 13.1 Å². The van der Waals surface area contributed by atoms with Gasteiger partial charge in [-0.15, -0.1) is 0 Å². The molecule has 108 valence electrons. The van der Waals surface area contributed by atoms with Gasteiger partial charge in [-0.05, 0) is 62.9 Å². The number of piperidine rings is 1. The molecule has 1 aliphatic carbocycles. The van der Waals surface area contributed by atoms with E-state index in [1.165, 1.54) is 12.0 Å². The third-order valence-electron chi connectivity index (χ3n) is 4.66. The highest BCUT2D eigenvalue weighted by atomic mass is 79.9. The van der Waals surface area contributed by atoms with Crippen molar-refractivity contribution in [1.82, 2.24) is 10.6 Å². The molecule has 3 rings (SSSR count). The monoisotopic (exact) mass is 336 g/mol. The fourth-order valence-corrected chi connectivity index (χ4v) is 3.62. The number of carbonyl (C=O) groups is 1. The van der Waals surface area contributed by atoms with Crippen molar-refractivity contribution in [2.24, 2.45) is 5.92 Å². The van der Waals surface area contributed by atoms with E-state index in [2.05, 4.69) is 44.8 Å². The summed E-state index contributed by atoms with van der Waals surface area (Å²) in [6.07, 6.45) is 5.22. The average molecular weight is 337 g/mol. The lowest BCUT2D eigenvalue weighted by Gasteiger charge is -2.44. The number of nitrogens with one attached hydrogen (secondary N) is 2. The van der Waals surface area contributed by atoms with E-state index in [1.54, 1.807) is 0 Å². The zero-order chi connectivity index (χ0) is 14.0. The van der Waals surface area contributed by atoms with Gasteiger partial charge < -0.3 is 10.6 Å². The maximum atomic E-state index is 12.5. The van der Waals surface area contributed by atoms with Crippen LogP contribution in [0.15, 0.2) is 28.7 Å². The molecule has 0 unspecified atom stereocenters. The zero-order valence-electron chi connectivity index (χ0n) is 11.6. The molecular formula is C16H21BrN2O. The molecule has 1 aromatic carbocycles. The molecule has 4 heteroatoms. The summed E-state index contributed by atoms with van der Waals surface area (Å²) in [7, 11) is 0. The number of carbonyl (C=O) groups excluding carboxylic acids is 1. The summed E-state index contributed by atoms with van der Waals surface area (Å²) in [6.45, 7) is 1.92. The highest BCUT2D eigenvalue weighted by molar-refractivity contribution is 9.10. The van der Waals surface area contributed by atoms with Crippen LogP contribution in [0, 0.1) is 5.92 Å². The van der Waals surface area contributed by atoms with Crippen molar-refractivity contribution in [1.29, 1.82) is 0 Å². The highest BCUT2D eigenvalue weighted by Gasteiger charge is 2.41. The summed E-state index contributed by atoms with van der Waals surface area (Å²) in [5.41, 5.74) is 1.12. The fourth-order valence-electron chi connectivity index (χ4n) is 3.22. The van der Waals surface area contributed by atoms with Gasteiger partial charge in [0.1, 0.15) is 0 Å². The second-order valence-electron chi connectivity index (χ2n) is 5.96. The lowest BCUT2D eigenvalue weighted by molar-refractivity contribution is -0.129. The van der Waals surface area contributed by atoms with Gasteiger partial charge in [-0.3, -0.25) is 4.79 Å². The van der Waals surface area contributed by atoms with Crippen LogP contribution in [0.25, 0.3) is 0 Å². The predicted molar refractivity (Wildman–Crippen MR) is 83.4 cm³/mol. The van der Waals surface area contributed by atoms with Crippen molar-refractivity contribution in [3.05, 3.63) is 34.3 Å². The number of amides is 1. The van der Waals surface area contributed by atoms with Gasteiger partial charge in [0.25, 0.3) is 0 Å². The van der Waals surface area contributed by atoms with Crippen LogP contribution in [0.5, 0.6) is 0 Å². The Kier molecular flexibility index (Phi) is 4.13. The van der Waals surface area contributed by atoms with Gasteiger partial charge >= 0.3 is 0 Å². The first-order valence-electron chi connectivity index (χ1n) is 7.48. The second-order valence-corrected chi connectivity index (χ2v) is 6.88. The van der Waals surface area contributed by atoms with Crippen LogP contribution >= 0.6 is 15.9 Å². The third kappa shape index (κ3) is 2.77. The number of rotatable bonds is 3. The minimum Gasteiger partial charge on any atom is -0.346 e. The van der Waals surface area contributed by atoms with Gasteiger partial charge in [-0.1, -0.05) is 28.1 Å². The number of benzene rings is 1. The Hall–Kier alpha value is -0.870. The van der Waals surface area contributed by atoms with E-state index in [-0.39, 0.29) is 17.4 Å². The molecule has 0 bridgehead atoms. The van der Waals surface area contributed by atoms with E-state index >= 15 is 0 Å². The molecule has 0 atom stereocenters. The van der Waals surface area contributed by atoms with Gasteiger partial charge in [0, 0.05) is 10.4 Å². The number of hydrogen-bond acceptors (Lipinski definition) is 2. The minimum atomic E-state index is -0.119. The van der Waals surface area contributed by atoms with Crippen LogP contribution in [0.1, 0.15) is 37.7 Å². The van der Waals surface area contributed by atoms with Crippen molar-refractivity contribution < 1.29 is 4.79 Å². The molecule has 0 aromatic heterocycles. The van der Waals surface area contributed by atoms with Crippen molar-refractivity contribution >= 4 is 21.8 Å². The molecule has 20 heavy (non-hydrogen) atoms. The summed E-state index contributed by atoms with van der Waals surface area (Å²) < 4.78 is 1.08. The Morgan fingerprint density at radius 1 is 1.30 bits per heavy atom. The van der Waals surface area contributed by atoms with Gasteiger partial charge in [0.05, 0.1) is 5.54 Å². The smallest absolute Gasteiger partial charge is 0.223 e. The van der Waals surface area contributed by atoms with Crippen LogP contribution < -0.4 is 10.6 Å². The Morgan fingerprint density at radius 2 is 2.05 bits per heavy atom. The standard InChI is InChI=1S/C16H21BrN2O/c17-14-4-1-3-13(11-14)16(7-2-8-16)19-15(20)12-5-9-18-10-6-12/h1,3-4,11-12,18H,2,5-10H2,(H,19,20).